The number of benzene rings is 1. The second-order valence-electron chi connectivity index (χ2n) is 10.4. The number of rotatable bonds is 7. The second-order valence-corrected chi connectivity index (χ2v) is 10.8. The average Bonchev–Trinajstić information content (AvgIpc) is 3.34. The molecular formula is C31H27ClF5N5O3. The zero-order chi connectivity index (χ0) is 32.6. The summed E-state index contributed by atoms with van der Waals surface area (Å²) in [5.41, 5.74) is 0.482. The average molecular weight is 648 g/mol. The molecule has 14 heteroatoms. The fourth-order valence-corrected chi connectivity index (χ4v) is 5.57. The van der Waals surface area contributed by atoms with E-state index in [2.05, 4.69) is 21.5 Å². The predicted octanol–water partition coefficient (Wildman–Crippen LogP) is 6.67. The van der Waals surface area contributed by atoms with Crippen LogP contribution in [0.15, 0.2) is 66.1 Å². The molecule has 0 radical (unpaired) electrons. The zero-order valence-electron chi connectivity index (χ0n) is 24.1. The minimum atomic E-state index is -4.67. The number of halogens is 6. The lowest BCUT2D eigenvalue weighted by atomic mass is 10.00. The molecule has 1 aliphatic rings. The molecule has 45 heavy (non-hydrogen) atoms. The van der Waals surface area contributed by atoms with Gasteiger partial charge in [0, 0.05) is 34.7 Å². The molecular weight excluding hydrogens is 621 g/mol. The molecule has 1 saturated heterocycles. The predicted molar refractivity (Wildman–Crippen MR) is 159 cm³/mol. The lowest BCUT2D eigenvalue weighted by Crippen LogP contribution is -2.46. The normalized spacial score (nSPS) is 18.3. The Morgan fingerprint density at radius 1 is 1.24 bits per heavy atom. The summed E-state index contributed by atoms with van der Waals surface area (Å²) in [5.74, 6) is -1.08. The van der Waals surface area contributed by atoms with Gasteiger partial charge in [-0.25, -0.2) is 18.7 Å². The number of hydrogen-bond acceptors (Lipinski definition) is 6. The van der Waals surface area contributed by atoms with Crippen molar-refractivity contribution < 1.29 is 36.6 Å². The number of allylic oxidation sites excluding steroid dienone is 4. The molecule has 236 valence electrons. The number of ether oxygens (including phenoxy) is 1. The van der Waals surface area contributed by atoms with Crippen molar-refractivity contribution >= 4 is 45.0 Å². The highest BCUT2D eigenvalue weighted by Gasteiger charge is 2.35. The third kappa shape index (κ3) is 6.40. The SMILES string of the molecule is C=C/C(=C\C(Cl)=C(/C)c1cc2c(cc1F)ncc1nc(C)n([C@H]3CCN(C(=O)CO)C[C@@H]3F)c12)Oc1cccc(C(F)(F)F)n1. The quantitative estimate of drug-likeness (QED) is 0.137. The van der Waals surface area contributed by atoms with Gasteiger partial charge in [-0.2, -0.15) is 13.2 Å². The molecule has 1 aromatic carbocycles. The summed E-state index contributed by atoms with van der Waals surface area (Å²) < 4.78 is 77.4. The molecule has 5 rings (SSSR count). The lowest BCUT2D eigenvalue weighted by Gasteiger charge is -2.35. The van der Waals surface area contributed by atoms with Crippen LogP contribution in [0.3, 0.4) is 0 Å². The largest absolute Gasteiger partial charge is 0.439 e. The Kier molecular flexibility index (Phi) is 8.95. The van der Waals surface area contributed by atoms with E-state index in [0.29, 0.717) is 27.8 Å². The molecule has 1 fully saturated rings. The summed E-state index contributed by atoms with van der Waals surface area (Å²) in [6, 6.07) is 5.25. The van der Waals surface area contributed by atoms with E-state index in [0.717, 1.165) is 12.1 Å². The van der Waals surface area contributed by atoms with Gasteiger partial charge in [0.15, 0.2) is 0 Å². The van der Waals surface area contributed by atoms with Gasteiger partial charge in [-0.3, -0.25) is 9.78 Å². The number of aliphatic hydroxyl groups is 1. The number of likely N-dealkylation sites (tertiary alicyclic amines) is 1. The summed E-state index contributed by atoms with van der Waals surface area (Å²) >= 11 is 6.55. The molecule has 4 aromatic rings. The van der Waals surface area contributed by atoms with Crippen molar-refractivity contribution in [3.63, 3.8) is 0 Å². The number of aromatic nitrogens is 4. The van der Waals surface area contributed by atoms with Crippen LogP contribution in [0.5, 0.6) is 5.88 Å². The minimum Gasteiger partial charge on any atom is -0.439 e. The highest BCUT2D eigenvalue weighted by atomic mass is 35.5. The maximum absolute atomic E-state index is 15.5. The van der Waals surface area contributed by atoms with Crippen LogP contribution in [0.25, 0.3) is 27.5 Å². The number of imidazole rings is 1. The first-order chi connectivity index (χ1) is 21.3. The number of pyridine rings is 2. The van der Waals surface area contributed by atoms with E-state index < -0.39 is 42.4 Å². The topological polar surface area (TPSA) is 93.4 Å². The van der Waals surface area contributed by atoms with Crippen LogP contribution in [-0.2, 0) is 11.0 Å². The number of carbonyl (C=O) groups excluding carboxylic acids is 1. The van der Waals surface area contributed by atoms with Crippen molar-refractivity contribution in [1.29, 1.82) is 0 Å². The van der Waals surface area contributed by atoms with E-state index >= 15 is 8.78 Å². The molecule has 0 aliphatic carbocycles. The number of carbonyl (C=O) groups is 1. The molecule has 3 aromatic heterocycles. The smallest absolute Gasteiger partial charge is 0.433 e. The van der Waals surface area contributed by atoms with Crippen LogP contribution >= 0.6 is 11.6 Å². The number of piperidine rings is 1. The molecule has 4 heterocycles. The van der Waals surface area contributed by atoms with E-state index in [4.69, 9.17) is 16.3 Å². The van der Waals surface area contributed by atoms with Gasteiger partial charge < -0.3 is 19.3 Å². The Labute approximate surface area is 259 Å². The number of alkyl halides is 4. The number of fused-ring (bicyclic) bond motifs is 3. The number of nitrogens with zero attached hydrogens (tertiary/aromatic N) is 5. The molecule has 1 amide bonds. The number of aryl methyl sites for hydroxylation is 1. The van der Waals surface area contributed by atoms with Crippen molar-refractivity contribution in [2.45, 2.75) is 38.7 Å². The van der Waals surface area contributed by atoms with Crippen molar-refractivity contribution in [1.82, 2.24) is 24.4 Å². The Morgan fingerprint density at radius 3 is 2.67 bits per heavy atom. The molecule has 0 bridgehead atoms. The second kappa shape index (κ2) is 12.6. The molecule has 0 saturated carbocycles. The van der Waals surface area contributed by atoms with Crippen LogP contribution in [0, 0.1) is 12.7 Å². The summed E-state index contributed by atoms with van der Waals surface area (Å²) in [4.78, 5) is 25.6. The molecule has 1 N–H and O–H groups in total. The van der Waals surface area contributed by atoms with E-state index in [1.807, 2.05) is 0 Å². The zero-order valence-corrected chi connectivity index (χ0v) is 24.8. The van der Waals surface area contributed by atoms with Gasteiger partial charge in [0.1, 0.15) is 41.4 Å². The molecule has 8 nitrogen and oxygen atoms in total. The summed E-state index contributed by atoms with van der Waals surface area (Å²) in [5, 5.41) is 9.67. The van der Waals surface area contributed by atoms with Gasteiger partial charge >= 0.3 is 6.18 Å². The third-order valence-corrected chi connectivity index (χ3v) is 7.97. The molecule has 0 spiro atoms. The number of aliphatic hydroxyl groups excluding tert-OH is 1. The summed E-state index contributed by atoms with van der Waals surface area (Å²) in [7, 11) is 0. The molecule has 2 atom stereocenters. The Balaban J connectivity index is 1.55. The number of amides is 1. The van der Waals surface area contributed by atoms with Crippen LogP contribution in [0.2, 0.25) is 0 Å². The van der Waals surface area contributed by atoms with E-state index in [-0.39, 0.29) is 47.3 Å². The van der Waals surface area contributed by atoms with E-state index in [9.17, 15) is 23.1 Å². The van der Waals surface area contributed by atoms with Gasteiger partial charge in [-0.15, -0.1) is 0 Å². The minimum absolute atomic E-state index is 0.00435. The maximum Gasteiger partial charge on any atom is 0.433 e. The fraction of sp³-hybridized carbons (Fsp3) is 0.290. The Bertz CT molecular complexity index is 1870. The lowest BCUT2D eigenvalue weighted by molar-refractivity contribution is -0.141. The third-order valence-electron chi connectivity index (χ3n) is 7.58. The van der Waals surface area contributed by atoms with Crippen LogP contribution in [-0.4, -0.2) is 61.3 Å². The first-order valence-corrected chi connectivity index (χ1v) is 14.1. The van der Waals surface area contributed by atoms with Crippen LogP contribution in [0.1, 0.15) is 36.5 Å². The first-order valence-electron chi connectivity index (χ1n) is 13.7. The maximum atomic E-state index is 15.5. The molecule has 1 aliphatic heterocycles. The fourth-order valence-electron chi connectivity index (χ4n) is 5.36. The van der Waals surface area contributed by atoms with Crippen molar-refractivity contribution in [2.75, 3.05) is 19.7 Å². The van der Waals surface area contributed by atoms with Gasteiger partial charge in [-0.1, -0.05) is 24.2 Å². The van der Waals surface area contributed by atoms with Crippen LogP contribution in [0.4, 0.5) is 22.0 Å². The van der Waals surface area contributed by atoms with Gasteiger partial charge in [-0.05, 0) is 50.1 Å². The standard InChI is InChI=1S/C31H27ClF5N5O3/c1-4-18(45-28-7-5-6-27(40-28)31(35,36)37)10-21(32)16(2)19-11-20-24(12-22(19)33)38-13-25-30(20)42(17(3)39-25)26-8-9-41(14-23(26)34)29(44)15-43/h4-7,10-13,23,26,43H,1,8-9,14-15H2,2-3H3/b18-10+,21-16-/t23-,26-/m0/s1. The van der Waals surface area contributed by atoms with Crippen molar-refractivity contribution in [2.24, 2.45) is 0 Å². The Morgan fingerprint density at radius 2 is 2.00 bits per heavy atom. The summed E-state index contributed by atoms with van der Waals surface area (Å²) in [6.45, 7) is 6.21. The van der Waals surface area contributed by atoms with Crippen molar-refractivity contribution in [3.8, 4) is 5.88 Å². The summed E-state index contributed by atoms with van der Waals surface area (Å²) in [6.07, 6.45) is -1.90. The highest BCUT2D eigenvalue weighted by molar-refractivity contribution is 6.34. The monoisotopic (exact) mass is 647 g/mol. The van der Waals surface area contributed by atoms with Gasteiger partial charge in [0.05, 0.1) is 29.8 Å². The number of hydrogen-bond donors (Lipinski definition) is 1. The van der Waals surface area contributed by atoms with Crippen LogP contribution < -0.4 is 4.74 Å². The highest BCUT2D eigenvalue weighted by Crippen LogP contribution is 2.36. The van der Waals surface area contributed by atoms with E-state index in [1.54, 1.807) is 18.4 Å². The first kappa shape index (κ1) is 32.0. The van der Waals surface area contributed by atoms with Crippen molar-refractivity contribution in [3.05, 3.63) is 89.0 Å². The van der Waals surface area contributed by atoms with Gasteiger partial charge in [0.25, 0.3) is 0 Å². The van der Waals surface area contributed by atoms with Gasteiger partial charge in [0.2, 0.25) is 11.8 Å². The Hall–Kier alpha value is -4.36. The molecule has 0 unspecified atom stereocenters. The van der Waals surface area contributed by atoms with E-state index in [1.165, 1.54) is 41.4 Å².